The maximum absolute atomic E-state index is 12.9. The van der Waals surface area contributed by atoms with Crippen molar-refractivity contribution in [3.8, 4) is 6.07 Å². The summed E-state index contributed by atoms with van der Waals surface area (Å²) in [6.07, 6.45) is -0.0944. The zero-order valence-electron chi connectivity index (χ0n) is 14.6. The van der Waals surface area contributed by atoms with E-state index in [1.807, 2.05) is 6.07 Å². The van der Waals surface area contributed by atoms with Crippen molar-refractivity contribution in [1.29, 1.82) is 5.26 Å². The number of carbonyl (C=O) groups is 3. The molecule has 1 atom stereocenters. The van der Waals surface area contributed by atoms with Gasteiger partial charge in [0.05, 0.1) is 23.7 Å². The van der Waals surface area contributed by atoms with Gasteiger partial charge in [-0.2, -0.15) is 5.26 Å². The Labute approximate surface area is 161 Å². The fraction of sp³-hybridized carbons (Fsp3) is 0.200. The first-order valence-corrected chi connectivity index (χ1v) is 8.67. The van der Waals surface area contributed by atoms with E-state index in [9.17, 15) is 14.4 Å². The zero-order valence-corrected chi connectivity index (χ0v) is 15.3. The number of hydrogen-bond donors (Lipinski definition) is 0. The van der Waals surface area contributed by atoms with E-state index >= 15 is 0 Å². The molecular formula is C20H16ClN3O3. The highest BCUT2D eigenvalue weighted by atomic mass is 35.5. The van der Waals surface area contributed by atoms with Gasteiger partial charge in [-0.05, 0) is 35.9 Å². The monoisotopic (exact) mass is 381 g/mol. The number of hydrogen-bond acceptors (Lipinski definition) is 4. The highest BCUT2D eigenvalue weighted by Gasteiger charge is 2.43. The summed E-state index contributed by atoms with van der Waals surface area (Å²) in [5.74, 6) is -1.17. The summed E-state index contributed by atoms with van der Waals surface area (Å²) in [6, 6.07) is 14.3. The molecule has 2 aromatic rings. The van der Waals surface area contributed by atoms with Crippen LogP contribution in [-0.4, -0.2) is 28.7 Å². The van der Waals surface area contributed by atoms with Gasteiger partial charge >= 0.3 is 0 Å². The van der Waals surface area contributed by atoms with Crippen LogP contribution in [0.3, 0.4) is 0 Å². The van der Waals surface area contributed by atoms with E-state index < -0.39 is 11.9 Å². The number of benzene rings is 2. The number of nitrogens with zero attached hydrogens (tertiary/aromatic N) is 3. The summed E-state index contributed by atoms with van der Waals surface area (Å²) in [5, 5.41) is 9.37. The third-order valence-electron chi connectivity index (χ3n) is 4.46. The van der Waals surface area contributed by atoms with Gasteiger partial charge in [-0.15, -0.1) is 0 Å². The van der Waals surface area contributed by atoms with Crippen molar-refractivity contribution < 1.29 is 14.4 Å². The molecule has 3 amide bonds. The average molecular weight is 382 g/mol. The summed E-state index contributed by atoms with van der Waals surface area (Å²) in [5.41, 5.74) is 1.51. The first-order valence-electron chi connectivity index (χ1n) is 8.30. The second-order valence-electron chi connectivity index (χ2n) is 6.18. The van der Waals surface area contributed by atoms with Crippen molar-refractivity contribution in [2.45, 2.75) is 25.9 Å². The van der Waals surface area contributed by atoms with Gasteiger partial charge < -0.3 is 4.90 Å². The van der Waals surface area contributed by atoms with E-state index in [4.69, 9.17) is 16.9 Å². The Morgan fingerprint density at radius 1 is 1.22 bits per heavy atom. The average Bonchev–Trinajstić information content (AvgIpc) is 2.95. The van der Waals surface area contributed by atoms with Crippen molar-refractivity contribution in [1.82, 2.24) is 4.90 Å². The minimum absolute atomic E-state index is 0.0944. The van der Waals surface area contributed by atoms with E-state index in [-0.39, 0.29) is 24.8 Å². The van der Waals surface area contributed by atoms with E-state index in [0.717, 1.165) is 4.90 Å². The Morgan fingerprint density at radius 3 is 2.48 bits per heavy atom. The Kier molecular flexibility index (Phi) is 5.24. The maximum atomic E-state index is 12.9. The third kappa shape index (κ3) is 3.69. The smallest absolute Gasteiger partial charge is 0.257 e. The van der Waals surface area contributed by atoms with Crippen LogP contribution >= 0.6 is 11.6 Å². The number of halogens is 1. The predicted octanol–water partition coefficient (Wildman–Crippen LogP) is 2.89. The molecule has 2 aromatic carbocycles. The van der Waals surface area contributed by atoms with Crippen LogP contribution in [0.15, 0.2) is 48.5 Å². The van der Waals surface area contributed by atoms with Crippen LogP contribution < -0.4 is 4.90 Å². The molecule has 0 radical (unpaired) electrons. The van der Waals surface area contributed by atoms with E-state index in [1.54, 1.807) is 36.4 Å². The first kappa shape index (κ1) is 18.6. The number of carbonyl (C=O) groups excluding carboxylic acids is 3. The molecule has 0 bridgehead atoms. The van der Waals surface area contributed by atoms with Gasteiger partial charge in [0.15, 0.2) is 0 Å². The number of imide groups is 1. The van der Waals surface area contributed by atoms with Gasteiger partial charge in [0, 0.05) is 18.5 Å². The van der Waals surface area contributed by atoms with Gasteiger partial charge in [0.1, 0.15) is 6.04 Å². The van der Waals surface area contributed by atoms with Gasteiger partial charge in [0.25, 0.3) is 5.91 Å². The van der Waals surface area contributed by atoms with Gasteiger partial charge in [-0.3, -0.25) is 14.4 Å². The Bertz CT molecular complexity index is 950. The molecule has 1 unspecified atom stereocenters. The van der Waals surface area contributed by atoms with Crippen LogP contribution in [-0.2, 0) is 20.9 Å². The molecule has 0 saturated carbocycles. The molecule has 27 heavy (non-hydrogen) atoms. The third-order valence-corrected chi connectivity index (χ3v) is 4.83. The number of rotatable bonds is 4. The minimum Gasteiger partial charge on any atom is -0.326 e. The molecule has 1 aliphatic rings. The fourth-order valence-electron chi connectivity index (χ4n) is 3.07. The number of anilines is 1. The van der Waals surface area contributed by atoms with Crippen molar-refractivity contribution >= 4 is 35.0 Å². The molecule has 1 fully saturated rings. The molecule has 1 saturated heterocycles. The Morgan fingerprint density at radius 2 is 1.89 bits per heavy atom. The van der Waals surface area contributed by atoms with Crippen LogP contribution in [0.2, 0.25) is 5.02 Å². The molecule has 6 nitrogen and oxygen atoms in total. The van der Waals surface area contributed by atoms with Crippen molar-refractivity contribution in [3.05, 3.63) is 64.7 Å². The van der Waals surface area contributed by atoms with E-state index in [0.29, 0.717) is 21.8 Å². The molecule has 1 heterocycles. The molecule has 0 aromatic heterocycles. The van der Waals surface area contributed by atoms with Crippen molar-refractivity contribution in [3.63, 3.8) is 0 Å². The molecule has 7 heteroatoms. The first-order chi connectivity index (χ1) is 12.9. The van der Waals surface area contributed by atoms with Crippen LogP contribution in [0.25, 0.3) is 0 Å². The summed E-state index contributed by atoms with van der Waals surface area (Å²) in [4.78, 5) is 40.0. The van der Waals surface area contributed by atoms with Gasteiger partial charge in [-0.25, -0.2) is 4.90 Å². The molecule has 1 aliphatic heterocycles. The molecule has 0 spiro atoms. The number of nitriles is 1. The summed E-state index contributed by atoms with van der Waals surface area (Å²) < 4.78 is 0. The predicted molar refractivity (Wildman–Crippen MR) is 99.7 cm³/mol. The lowest BCUT2D eigenvalue weighted by Gasteiger charge is -2.27. The molecule has 136 valence electrons. The van der Waals surface area contributed by atoms with Crippen LogP contribution in [0.4, 0.5) is 5.69 Å². The highest BCUT2D eigenvalue weighted by Crippen LogP contribution is 2.28. The standard InChI is InChI=1S/C20H16ClN3O3/c1-13(25)23(12-15-4-2-3-5-17(15)21)18-10-19(26)24(20(18)27)16-8-6-14(11-22)7-9-16/h2-9,18H,10,12H2,1H3. The Hall–Kier alpha value is -3.17. The second-order valence-corrected chi connectivity index (χ2v) is 6.59. The summed E-state index contributed by atoms with van der Waals surface area (Å²) >= 11 is 6.17. The lowest BCUT2D eigenvalue weighted by molar-refractivity contribution is -0.137. The lowest BCUT2D eigenvalue weighted by atomic mass is 10.1. The fourth-order valence-corrected chi connectivity index (χ4v) is 3.26. The van der Waals surface area contributed by atoms with Crippen LogP contribution in [0.1, 0.15) is 24.5 Å². The topological polar surface area (TPSA) is 81.5 Å². The van der Waals surface area contributed by atoms with Crippen molar-refractivity contribution in [2.24, 2.45) is 0 Å². The van der Waals surface area contributed by atoms with E-state index in [2.05, 4.69) is 0 Å². The highest BCUT2D eigenvalue weighted by molar-refractivity contribution is 6.31. The van der Waals surface area contributed by atoms with Gasteiger partial charge in [0.2, 0.25) is 11.8 Å². The SMILES string of the molecule is CC(=O)N(Cc1ccccc1Cl)C1CC(=O)N(c2ccc(C#N)cc2)C1=O. The van der Waals surface area contributed by atoms with Crippen LogP contribution in [0, 0.1) is 11.3 Å². The molecular weight excluding hydrogens is 366 g/mol. The van der Waals surface area contributed by atoms with Crippen LogP contribution in [0.5, 0.6) is 0 Å². The number of amides is 3. The molecule has 3 rings (SSSR count). The zero-order chi connectivity index (χ0) is 19.6. The summed E-state index contributed by atoms with van der Waals surface area (Å²) in [6.45, 7) is 1.50. The Balaban J connectivity index is 1.87. The lowest BCUT2D eigenvalue weighted by Crippen LogP contribution is -2.44. The maximum Gasteiger partial charge on any atom is 0.257 e. The van der Waals surface area contributed by atoms with Crippen molar-refractivity contribution in [2.75, 3.05) is 4.90 Å². The second kappa shape index (κ2) is 7.60. The van der Waals surface area contributed by atoms with E-state index in [1.165, 1.54) is 24.0 Å². The normalized spacial score (nSPS) is 16.3. The quantitative estimate of drug-likeness (QED) is 0.762. The molecule has 0 aliphatic carbocycles. The largest absolute Gasteiger partial charge is 0.326 e. The van der Waals surface area contributed by atoms with Gasteiger partial charge in [-0.1, -0.05) is 29.8 Å². The minimum atomic E-state index is -0.887. The molecule has 0 N–H and O–H groups in total. The summed E-state index contributed by atoms with van der Waals surface area (Å²) in [7, 11) is 0.